The summed E-state index contributed by atoms with van der Waals surface area (Å²) in [6.07, 6.45) is 6.58. The van der Waals surface area contributed by atoms with E-state index in [0.717, 1.165) is 36.0 Å². The second-order valence-corrected chi connectivity index (χ2v) is 6.52. The largest absolute Gasteiger partial charge is 0.340 e. The molecule has 0 saturated carbocycles. The predicted octanol–water partition coefficient (Wildman–Crippen LogP) is 4.24. The molecule has 2 heterocycles. The molecule has 0 radical (unpaired) electrons. The minimum absolute atomic E-state index is 0.186. The fourth-order valence-corrected chi connectivity index (χ4v) is 3.32. The highest BCUT2D eigenvalue weighted by Crippen LogP contribution is 2.25. The number of rotatable bonds is 3. The lowest BCUT2D eigenvalue weighted by Crippen LogP contribution is -2.44. The Morgan fingerprint density at radius 2 is 2.21 bits per heavy atom. The molecule has 0 bridgehead atoms. The van der Waals surface area contributed by atoms with Gasteiger partial charge in [0.25, 0.3) is 5.91 Å². The summed E-state index contributed by atoms with van der Waals surface area (Å²) >= 11 is 3.48. The predicted molar refractivity (Wildman–Crippen MR) is 81.5 cm³/mol. The van der Waals surface area contributed by atoms with Crippen LogP contribution in [0.15, 0.2) is 16.7 Å². The van der Waals surface area contributed by atoms with Gasteiger partial charge in [0, 0.05) is 29.3 Å². The first-order chi connectivity index (χ1) is 9.04. The molecule has 1 aliphatic rings. The first-order valence-electron chi connectivity index (χ1n) is 7.23. The molecule has 1 saturated heterocycles. The Hall–Kier alpha value is -0.770. The van der Waals surface area contributed by atoms with Gasteiger partial charge in [0.1, 0.15) is 5.69 Å². The molecule has 0 aliphatic carbocycles. The lowest BCUT2D eigenvalue weighted by Gasteiger charge is -2.35. The molecule has 1 aromatic heterocycles. The number of likely N-dealkylation sites (tertiary alicyclic amines) is 1. The standard InChI is InChI=1S/C15H23BrN2O/c1-4-13-7-5-6-8-17(13)15(19)14-9-12(16)10-18(14)11(2)3/h9-11,13H,4-8H2,1-3H3. The van der Waals surface area contributed by atoms with E-state index in [2.05, 4.69) is 46.2 Å². The van der Waals surface area contributed by atoms with Gasteiger partial charge in [-0.1, -0.05) is 6.92 Å². The van der Waals surface area contributed by atoms with Crippen molar-refractivity contribution in [2.75, 3.05) is 6.54 Å². The third kappa shape index (κ3) is 3.04. The summed E-state index contributed by atoms with van der Waals surface area (Å²) < 4.78 is 3.04. The van der Waals surface area contributed by atoms with Crippen molar-refractivity contribution >= 4 is 21.8 Å². The first-order valence-corrected chi connectivity index (χ1v) is 8.02. The number of amides is 1. The third-order valence-corrected chi connectivity index (χ3v) is 4.38. The van der Waals surface area contributed by atoms with Crippen LogP contribution in [-0.4, -0.2) is 28.0 Å². The number of piperidine rings is 1. The van der Waals surface area contributed by atoms with Crippen LogP contribution in [0, 0.1) is 0 Å². The van der Waals surface area contributed by atoms with E-state index >= 15 is 0 Å². The van der Waals surface area contributed by atoms with Crippen LogP contribution >= 0.6 is 15.9 Å². The highest BCUT2D eigenvalue weighted by molar-refractivity contribution is 9.10. The fraction of sp³-hybridized carbons (Fsp3) is 0.667. The van der Waals surface area contributed by atoms with Crippen molar-refractivity contribution in [1.29, 1.82) is 0 Å². The van der Waals surface area contributed by atoms with Gasteiger partial charge in [-0.3, -0.25) is 4.79 Å². The second kappa shape index (κ2) is 6.12. The zero-order chi connectivity index (χ0) is 14.0. The van der Waals surface area contributed by atoms with Crippen molar-refractivity contribution in [3.63, 3.8) is 0 Å². The van der Waals surface area contributed by atoms with Crippen molar-refractivity contribution in [2.45, 2.75) is 58.5 Å². The SMILES string of the molecule is CCC1CCCCN1C(=O)c1cc(Br)cn1C(C)C. The van der Waals surface area contributed by atoms with Crippen LogP contribution in [0.3, 0.4) is 0 Å². The summed E-state index contributed by atoms with van der Waals surface area (Å²) in [6, 6.07) is 2.66. The molecule has 3 nitrogen and oxygen atoms in total. The van der Waals surface area contributed by atoms with Crippen molar-refractivity contribution in [2.24, 2.45) is 0 Å². The monoisotopic (exact) mass is 326 g/mol. The Morgan fingerprint density at radius 1 is 1.47 bits per heavy atom. The molecule has 1 unspecified atom stereocenters. The summed E-state index contributed by atoms with van der Waals surface area (Å²) in [4.78, 5) is 14.9. The summed E-state index contributed by atoms with van der Waals surface area (Å²) in [5.41, 5.74) is 0.808. The summed E-state index contributed by atoms with van der Waals surface area (Å²) in [6.45, 7) is 7.29. The molecule has 2 rings (SSSR count). The fourth-order valence-electron chi connectivity index (χ4n) is 2.88. The van der Waals surface area contributed by atoms with Gasteiger partial charge in [0.2, 0.25) is 0 Å². The van der Waals surface area contributed by atoms with E-state index in [9.17, 15) is 4.79 Å². The molecular weight excluding hydrogens is 304 g/mol. The molecule has 1 atom stereocenters. The number of carbonyl (C=O) groups is 1. The summed E-state index contributed by atoms with van der Waals surface area (Å²) in [5.74, 6) is 0.186. The maximum absolute atomic E-state index is 12.8. The molecule has 19 heavy (non-hydrogen) atoms. The smallest absolute Gasteiger partial charge is 0.270 e. The lowest BCUT2D eigenvalue weighted by atomic mass is 9.99. The van der Waals surface area contributed by atoms with E-state index in [1.54, 1.807) is 0 Å². The van der Waals surface area contributed by atoms with Crippen LogP contribution in [0.5, 0.6) is 0 Å². The molecule has 0 spiro atoms. The van der Waals surface area contributed by atoms with E-state index in [1.165, 1.54) is 6.42 Å². The third-order valence-electron chi connectivity index (χ3n) is 3.95. The minimum atomic E-state index is 0.186. The van der Waals surface area contributed by atoms with Crippen LogP contribution in [0.2, 0.25) is 0 Å². The normalized spacial score (nSPS) is 20.1. The van der Waals surface area contributed by atoms with Crippen molar-refractivity contribution in [3.05, 3.63) is 22.4 Å². The Bertz CT molecular complexity index is 453. The van der Waals surface area contributed by atoms with Crippen LogP contribution < -0.4 is 0 Å². The number of hydrogen-bond acceptors (Lipinski definition) is 1. The Morgan fingerprint density at radius 3 is 2.84 bits per heavy atom. The zero-order valence-electron chi connectivity index (χ0n) is 12.0. The molecule has 1 fully saturated rings. The highest BCUT2D eigenvalue weighted by atomic mass is 79.9. The average Bonchev–Trinajstić information content (AvgIpc) is 2.80. The van der Waals surface area contributed by atoms with Gasteiger partial charge in [-0.2, -0.15) is 0 Å². The van der Waals surface area contributed by atoms with Gasteiger partial charge in [-0.05, 0) is 61.5 Å². The summed E-state index contributed by atoms with van der Waals surface area (Å²) in [7, 11) is 0. The number of carbonyl (C=O) groups excluding carboxylic acids is 1. The number of hydrogen-bond donors (Lipinski definition) is 0. The molecule has 1 aromatic rings. The molecule has 0 aromatic carbocycles. The zero-order valence-corrected chi connectivity index (χ0v) is 13.6. The van der Waals surface area contributed by atoms with Crippen molar-refractivity contribution < 1.29 is 4.79 Å². The average molecular weight is 327 g/mol. The van der Waals surface area contributed by atoms with Crippen LogP contribution in [-0.2, 0) is 0 Å². The van der Waals surface area contributed by atoms with E-state index < -0.39 is 0 Å². The molecule has 4 heteroatoms. The molecule has 106 valence electrons. The van der Waals surface area contributed by atoms with E-state index in [4.69, 9.17) is 0 Å². The molecule has 0 N–H and O–H groups in total. The Kier molecular flexibility index (Phi) is 4.71. The van der Waals surface area contributed by atoms with E-state index in [1.807, 2.05) is 12.3 Å². The van der Waals surface area contributed by atoms with Gasteiger partial charge in [0.05, 0.1) is 0 Å². The second-order valence-electron chi connectivity index (χ2n) is 5.60. The number of aromatic nitrogens is 1. The maximum Gasteiger partial charge on any atom is 0.270 e. The van der Waals surface area contributed by atoms with Gasteiger partial charge < -0.3 is 9.47 Å². The number of halogens is 1. The number of nitrogens with zero attached hydrogens (tertiary/aromatic N) is 2. The topological polar surface area (TPSA) is 25.2 Å². The minimum Gasteiger partial charge on any atom is -0.340 e. The van der Waals surface area contributed by atoms with E-state index in [-0.39, 0.29) is 5.91 Å². The maximum atomic E-state index is 12.8. The highest BCUT2D eigenvalue weighted by Gasteiger charge is 2.28. The van der Waals surface area contributed by atoms with E-state index in [0.29, 0.717) is 12.1 Å². The van der Waals surface area contributed by atoms with Gasteiger partial charge in [0.15, 0.2) is 0 Å². The Labute approximate surface area is 124 Å². The van der Waals surface area contributed by atoms with Gasteiger partial charge in [-0.25, -0.2) is 0 Å². The molecular formula is C15H23BrN2O. The lowest BCUT2D eigenvalue weighted by molar-refractivity contribution is 0.0595. The molecule has 1 amide bonds. The van der Waals surface area contributed by atoms with Gasteiger partial charge in [-0.15, -0.1) is 0 Å². The van der Waals surface area contributed by atoms with Crippen LogP contribution in [0.25, 0.3) is 0 Å². The van der Waals surface area contributed by atoms with Crippen molar-refractivity contribution in [3.8, 4) is 0 Å². The van der Waals surface area contributed by atoms with Gasteiger partial charge >= 0.3 is 0 Å². The summed E-state index contributed by atoms with van der Waals surface area (Å²) in [5, 5.41) is 0. The molecule has 1 aliphatic heterocycles. The van der Waals surface area contributed by atoms with Crippen molar-refractivity contribution in [1.82, 2.24) is 9.47 Å². The Balaban J connectivity index is 2.27. The quantitative estimate of drug-likeness (QED) is 0.815. The van der Waals surface area contributed by atoms with Crippen LogP contribution in [0.4, 0.5) is 0 Å². The first kappa shape index (κ1) is 14.6. The van der Waals surface area contributed by atoms with Crippen LogP contribution in [0.1, 0.15) is 63.0 Å².